The number of benzene rings is 2. The number of hydrogen-bond donors (Lipinski definition) is 3. The number of rotatable bonds is 8. The predicted molar refractivity (Wildman–Crippen MR) is 107 cm³/mol. The second kappa shape index (κ2) is 9.07. The number of aromatic amines is 1. The smallest absolute Gasteiger partial charge is 0.342 e. The fraction of sp³-hybridized carbons (Fsp3) is 0.100. The van der Waals surface area contributed by atoms with Crippen molar-refractivity contribution in [1.29, 1.82) is 0 Å². The molecule has 0 unspecified atom stereocenters. The van der Waals surface area contributed by atoms with Gasteiger partial charge in [-0.2, -0.15) is 0 Å². The van der Waals surface area contributed by atoms with E-state index in [0.717, 1.165) is 17.3 Å². The molecule has 0 radical (unpaired) electrons. The molecular formula is C20H17N3O5S. The minimum Gasteiger partial charge on any atom is -0.489 e. The minimum atomic E-state index is -1.07. The third-order valence-corrected chi connectivity index (χ3v) is 4.65. The highest BCUT2D eigenvalue weighted by atomic mass is 32.2. The number of nitrogens with one attached hydrogen (secondary N) is 1. The number of aromatic carboxylic acids is 1. The van der Waals surface area contributed by atoms with Crippen LogP contribution in [0.25, 0.3) is 6.08 Å². The fourth-order valence-electron chi connectivity index (χ4n) is 2.32. The summed E-state index contributed by atoms with van der Waals surface area (Å²) in [5, 5.41) is 25.3. The predicted octanol–water partition coefficient (Wildman–Crippen LogP) is 3.61. The highest BCUT2D eigenvalue weighted by molar-refractivity contribution is 8.04. The van der Waals surface area contributed by atoms with Crippen LogP contribution >= 0.6 is 11.8 Å². The molecule has 0 aliphatic carbocycles. The Kier molecular flexibility index (Phi) is 6.30. The largest absolute Gasteiger partial charge is 0.489 e. The van der Waals surface area contributed by atoms with Gasteiger partial charge < -0.3 is 14.9 Å². The van der Waals surface area contributed by atoms with Crippen molar-refractivity contribution in [1.82, 2.24) is 15.2 Å². The summed E-state index contributed by atoms with van der Waals surface area (Å²) in [6, 6.07) is 13.4. The molecule has 0 amide bonds. The number of carbonyl (C=O) groups is 2. The molecule has 0 fully saturated rings. The van der Waals surface area contributed by atoms with Crippen LogP contribution in [0, 0.1) is 6.92 Å². The second-order valence-corrected chi connectivity index (χ2v) is 6.99. The molecule has 29 heavy (non-hydrogen) atoms. The molecular weight excluding hydrogens is 394 g/mol. The summed E-state index contributed by atoms with van der Waals surface area (Å²) in [6.07, 6.45) is 1.53. The minimum absolute atomic E-state index is 0.0937. The second-order valence-electron chi connectivity index (χ2n) is 5.98. The van der Waals surface area contributed by atoms with E-state index in [-0.39, 0.29) is 17.1 Å². The lowest BCUT2D eigenvalue weighted by Crippen LogP contribution is -1.99. The summed E-state index contributed by atoms with van der Waals surface area (Å²) < 4.78 is 5.68. The molecule has 1 heterocycles. The van der Waals surface area contributed by atoms with E-state index in [4.69, 9.17) is 9.84 Å². The summed E-state index contributed by atoms with van der Waals surface area (Å²) >= 11 is 0.962. The number of hydrogen-bond acceptors (Lipinski definition) is 6. The number of carboxylic acid groups (broad SMARTS) is 2. The standard InChI is InChI=1S/C20H17N3O5S/c1-12-21-20(23-22-12)29-17(19(26)27)10-13-4-8-16(9-5-13)28-11-14-2-6-15(7-3-14)18(24)25/h2-10H,11H2,1H3,(H,24,25)(H,26,27)(H,21,22,23)/b17-10-. The fourth-order valence-corrected chi connectivity index (χ4v) is 3.08. The molecule has 0 aliphatic rings. The average Bonchev–Trinajstić information content (AvgIpc) is 3.12. The Hall–Kier alpha value is -3.59. The maximum absolute atomic E-state index is 11.5. The molecule has 3 N–H and O–H groups in total. The van der Waals surface area contributed by atoms with E-state index in [1.807, 2.05) is 0 Å². The molecule has 0 saturated heterocycles. The Balaban J connectivity index is 1.64. The van der Waals surface area contributed by atoms with E-state index >= 15 is 0 Å². The Morgan fingerprint density at radius 2 is 1.79 bits per heavy atom. The topological polar surface area (TPSA) is 125 Å². The number of thioether (sulfide) groups is 1. The first-order chi connectivity index (χ1) is 13.9. The number of nitrogens with zero attached hydrogens (tertiary/aromatic N) is 2. The molecule has 148 valence electrons. The summed E-state index contributed by atoms with van der Waals surface area (Å²) in [6.45, 7) is 2.02. The zero-order valence-corrected chi connectivity index (χ0v) is 16.1. The van der Waals surface area contributed by atoms with E-state index in [0.29, 0.717) is 22.3 Å². The van der Waals surface area contributed by atoms with Gasteiger partial charge in [0.1, 0.15) is 23.1 Å². The van der Waals surface area contributed by atoms with Crippen molar-refractivity contribution in [2.45, 2.75) is 18.7 Å². The zero-order chi connectivity index (χ0) is 20.8. The molecule has 1 aromatic heterocycles. The van der Waals surface area contributed by atoms with Gasteiger partial charge in [-0.05, 0) is 60.2 Å². The van der Waals surface area contributed by atoms with Crippen molar-refractivity contribution in [3.8, 4) is 5.75 Å². The molecule has 0 bridgehead atoms. The van der Waals surface area contributed by atoms with Crippen LogP contribution in [0.5, 0.6) is 5.75 Å². The number of carboxylic acids is 2. The molecule has 2 aromatic carbocycles. The van der Waals surface area contributed by atoms with Crippen LogP contribution in [-0.4, -0.2) is 37.3 Å². The Morgan fingerprint density at radius 3 is 2.34 bits per heavy atom. The lowest BCUT2D eigenvalue weighted by molar-refractivity contribution is -0.131. The molecule has 8 nitrogen and oxygen atoms in total. The molecule has 3 rings (SSSR count). The maximum Gasteiger partial charge on any atom is 0.342 e. The Labute approximate surface area is 170 Å². The van der Waals surface area contributed by atoms with Crippen LogP contribution in [0.4, 0.5) is 0 Å². The van der Waals surface area contributed by atoms with Crippen LogP contribution in [-0.2, 0) is 11.4 Å². The first kappa shape index (κ1) is 20.2. The molecule has 3 aromatic rings. The first-order valence-corrected chi connectivity index (χ1v) is 9.29. The van der Waals surface area contributed by atoms with Gasteiger partial charge in [0, 0.05) is 0 Å². The van der Waals surface area contributed by atoms with Crippen molar-refractivity contribution in [2.75, 3.05) is 0 Å². The van der Waals surface area contributed by atoms with Crippen molar-refractivity contribution in [3.63, 3.8) is 0 Å². The van der Waals surface area contributed by atoms with Gasteiger partial charge >= 0.3 is 11.9 Å². The monoisotopic (exact) mass is 411 g/mol. The van der Waals surface area contributed by atoms with E-state index in [1.165, 1.54) is 18.2 Å². The van der Waals surface area contributed by atoms with Gasteiger partial charge in [0.05, 0.1) is 5.56 Å². The van der Waals surface area contributed by atoms with Gasteiger partial charge in [-0.1, -0.05) is 24.3 Å². The van der Waals surface area contributed by atoms with E-state index in [1.54, 1.807) is 43.3 Å². The highest BCUT2D eigenvalue weighted by Crippen LogP contribution is 2.26. The Bertz CT molecular complexity index is 1040. The van der Waals surface area contributed by atoms with Crippen molar-refractivity contribution in [3.05, 3.63) is 76.0 Å². The molecule has 0 atom stereocenters. The van der Waals surface area contributed by atoms with Crippen molar-refractivity contribution >= 4 is 29.8 Å². The lowest BCUT2D eigenvalue weighted by Gasteiger charge is -2.07. The SMILES string of the molecule is Cc1nc(S/C(=C\c2ccc(OCc3ccc(C(=O)O)cc3)cc2)C(=O)O)n[nH]1. The van der Waals surface area contributed by atoms with E-state index in [2.05, 4.69) is 15.2 Å². The lowest BCUT2D eigenvalue weighted by atomic mass is 10.1. The van der Waals surface area contributed by atoms with E-state index < -0.39 is 11.9 Å². The quantitative estimate of drug-likeness (QED) is 0.379. The number of H-pyrrole nitrogens is 1. The summed E-state index contributed by atoms with van der Waals surface area (Å²) in [5.41, 5.74) is 1.75. The third-order valence-electron chi connectivity index (χ3n) is 3.77. The molecule has 0 spiro atoms. The number of aryl methyl sites for hydroxylation is 1. The Morgan fingerprint density at radius 1 is 1.10 bits per heavy atom. The van der Waals surface area contributed by atoms with Gasteiger partial charge in [0.2, 0.25) is 5.16 Å². The number of aliphatic carboxylic acids is 1. The van der Waals surface area contributed by atoms with Crippen LogP contribution in [0.1, 0.15) is 27.3 Å². The maximum atomic E-state index is 11.5. The van der Waals surface area contributed by atoms with Crippen molar-refractivity contribution in [2.24, 2.45) is 0 Å². The first-order valence-electron chi connectivity index (χ1n) is 8.47. The number of ether oxygens (including phenoxy) is 1. The van der Waals surface area contributed by atoms with Crippen LogP contribution in [0.2, 0.25) is 0 Å². The van der Waals surface area contributed by atoms with Gasteiger partial charge in [0.15, 0.2) is 0 Å². The zero-order valence-electron chi connectivity index (χ0n) is 15.3. The molecule has 0 aliphatic heterocycles. The summed E-state index contributed by atoms with van der Waals surface area (Å²) in [7, 11) is 0. The van der Waals surface area contributed by atoms with Crippen molar-refractivity contribution < 1.29 is 24.5 Å². The van der Waals surface area contributed by atoms with Gasteiger partial charge in [-0.25, -0.2) is 14.6 Å². The summed E-state index contributed by atoms with van der Waals surface area (Å²) in [4.78, 5) is 26.5. The number of aromatic nitrogens is 3. The summed E-state index contributed by atoms with van der Waals surface area (Å²) in [5.74, 6) is -0.823. The normalized spacial score (nSPS) is 11.3. The van der Waals surface area contributed by atoms with Crippen LogP contribution < -0.4 is 4.74 Å². The van der Waals surface area contributed by atoms with Crippen LogP contribution in [0.3, 0.4) is 0 Å². The van der Waals surface area contributed by atoms with Gasteiger partial charge in [-0.3, -0.25) is 5.10 Å². The third kappa shape index (κ3) is 5.69. The van der Waals surface area contributed by atoms with Crippen LogP contribution in [0.15, 0.2) is 58.6 Å². The van der Waals surface area contributed by atoms with E-state index in [9.17, 15) is 14.7 Å². The average molecular weight is 411 g/mol. The van der Waals surface area contributed by atoms with Gasteiger partial charge in [-0.15, -0.1) is 5.10 Å². The van der Waals surface area contributed by atoms with Gasteiger partial charge in [0.25, 0.3) is 0 Å². The molecule has 9 heteroatoms. The highest BCUT2D eigenvalue weighted by Gasteiger charge is 2.13. The molecule has 0 saturated carbocycles.